The van der Waals surface area contributed by atoms with Crippen molar-refractivity contribution < 1.29 is 23.9 Å². The van der Waals surface area contributed by atoms with Crippen molar-refractivity contribution in [3.8, 4) is 0 Å². The fourth-order valence-electron chi connectivity index (χ4n) is 5.89. The van der Waals surface area contributed by atoms with Crippen molar-refractivity contribution in [2.45, 2.75) is 55.8 Å². The number of anilines is 2. The SMILES string of the molecule is CCOC(=O)c1ccc(N2C(=O)C3Sc4c(sc(=O)n4CC(=O)Nc4ccccc4)C(c4ccc(C(C)(C)C)cc4)C3C2=O)cc1. The Hall–Kier alpha value is -4.48. The lowest BCUT2D eigenvalue weighted by Gasteiger charge is -2.31. The van der Waals surface area contributed by atoms with Crippen molar-refractivity contribution in [1.82, 2.24) is 4.57 Å². The van der Waals surface area contributed by atoms with Crippen LogP contribution in [-0.2, 0) is 31.1 Å². The number of rotatable bonds is 7. The van der Waals surface area contributed by atoms with Crippen LogP contribution in [0.15, 0.2) is 88.7 Å². The molecule has 3 aromatic carbocycles. The van der Waals surface area contributed by atoms with E-state index < -0.39 is 29.0 Å². The third-order valence-electron chi connectivity index (χ3n) is 8.18. The molecule has 3 atom stereocenters. The van der Waals surface area contributed by atoms with Crippen LogP contribution in [0.3, 0.4) is 0 Å². The lowest BCUT2D eigenvalue weighted by Crippen LogP contribution is -2.33. The second-order valence-corrected chi connectivity index (χ2v) is 14.4. The summed E-state index contributed by atoms with van der Waals surface area (Å²) in [6.45, 7) is 8.05. The van der Waals surface area contributed by atoms with Gasteiger partial charge in [-0.25, -0.2) is 9.69 Å². The van der Waals surface area contributed by atoms with Gasteiger partial charge in [-0.1, -0.05) is 86.3 Å². The van der Waals surface area contributed by atoms with Gasteiger partial charge in [0.15, 0.2) is 0 Å². The standard InChI is InChI=1S/C35H33N3O6S2/c1-5-44-33(42)21-13-17-24(18-14-21)38-30(40)27-26(20-11-15-22(16-12-20)35(2,3)4)29-32(45-28(27)31(38)41)37(34(43)46-29)19-25(39)36-23-9-7-6-8-10-23/h6-18,26-28H,5,19H2,1-4H3,(H,36,39). The van der Waals surface area contributed by atoms with E-state index in [2.05, 4.69) is 26.1 Å². The van der Waals surface area contributed by atoms with Crippen LogP contribution in [0.2, 0.25) is 0 Å². The van der Waals surface area contributed by atoms with Crippen molar-refractivity contribution in [3.05, 3.63) is 110 Å². The maximum Gasteiger partial charge on any atom is 0.338 e. The van der Waals surface area contributed by atoms with Crippen molar-refractivity contribution >= 4 is 58.2 Å². The molecular formula is C35H33N3O6S2. The Bertz CT molecular complexity index is 1870. The lowest BCUT2D eigenvalue weighted by molar-refractivity contribution is -0.122. The summed E-state index contributed by atoms with van der Waals surface area (Å²) >= 11 is 2.17. The molecule has 2 aliphatic rings. The molecule has 1 N–H and O–H groups in total. The Balaban J connectivity index is 1.39. The van der Waals surface area contributed by atoms with Gasteiger partial charge in [0.05, 0.1) is 28.8 Å². The van der Waals surface area contributed by atoms with E-state index in [0.29, 0.717) is 26.8 Å². The van der Waals surface area contributed by atoms with E-state index in [1.807, 2.05) is 30.3 Å². The van der Waals surface area contributed by atoms with Gasteiger partial charge in [0.25, 0.3) is 0 Å². The van der Waals surface area contributed by atoms with Crippen molar-refractivity contribution in [3.63, 3.8) is 0 Å². The average molecular weight is 656 g/mol. The number of aromatic nitrogens is 1. The van der Waals surface area contributed by atoms with Crippen LogP contribution in [0, 0.1) is 5.92 Å². The Labute approximate surface area is 274 Å². The highest BCUT2D eigenvalue weighted by Gasteiger charge is 2.56. The third kappa shape index (κ3) is 5.80. The van der Waals surface area contributed by atoms with Gasteiger partial charge in [0.2, 0.25) is 17.7 Å². The topological polar surface area (TPSA) is 115 Å². The van der Waals surface area contributed by atoms with E-state index in [1.54, 1.807) is 43.3 Å². The number of carbonyl (C=O) groups excluding carboxylic acids is 4. The number of amides is 3. The number of para-hydroxylation sites is 1. The van der Waals surface area contributed by atoms with Crippen molar-refractivity contribution in [2.75, 3.05) is 16.8 Å². The zero-order valence-corrected chi connectivity index (χ0v) is 27.4. The van der Waals surface area contributed by atoms with Gasteiger partial charge < -0.3 is 10.1 Å². The number of benzene rings is 3. The highest BCUT2D eigenvalue weighted by Crippen LogP contribution is 2.54. The molecule has 6 rings (SSSR count). The van der Waals surface area contributed by atoms with Gasteiger partial charge in [-0.05, 0) is 59.9 Å². The van der Waals surface area contributed by atoms with Gasteiger partial charge in [-0.3, -0.25) is 23.7 Å². The summed E-state index contributed by atoms with van der Waals surface area (Å²) in [5.74, 6) is -3.01. The first kappa shape index (κ1) is 31.5. The van der Waals surface area contributed by atoms with Gasteiger partial charge >= 0.3 is 10.8 Å². The minimum absolute atomic E-state index is 0.0967. The molecular weight excluding hydrogens is 623 g/mol. The van der Waals surface area contributed by atoms with Crippen LogP contribution >= 0.6 is 23.1 Å². The van der Waals surface area contributed by atoms with Crippen LogP contribution in [-0.4, -0.2) is 40.1 Å². The quantitative estimate of drug-likeness (QED) is 0.197. The second kappa shape index (κ2) is 12.4. The maximum atomic E-state index is 14.2. The summed E-state index contributed by atoms with van der Waals surface area (Å²) in [5, 5.41) is 2.52. The summed E-state index contributed by atoms with van der Waals surface area (Å²) in [4.78, 5) is 68.5. The Kier molecular flexibility index (Phi) is 8.47. The monoisotopic (exact) mass is 655 g/mol. The van der Waals surface area contributed by atoms with E-state index in [0.717, 1.165) is 34.2 Å². The molecule has 11 heteroatoms. The smallest absolute Gasteiger partial charge is 0.338 e. The number of nitrogens with one attached hydrogen (secondary N) is 1. The first-order chi connectivity index (χ1) is 22.0. The van der Waals surface area contributed by atoms with E-state index in [9.17, 15) is 24.0 Å². The maximum absolute atomic E-state index is 14.2. The Morgan fingerprint density at radius 3 is 2.20 bits per heavy atom. The Morgan fingerprint density at radius 2 is 1.57 bits per heavy atom. The minimum atomic E-state index is -0.825. The first-order valence-electron chi connectivity index (χ1n) is 15.0. The average Bonchev–Trinajstić information content (AvgIpc) is 3.47. The third-order valence-corrected chi connectivity index (χ3v) is 10.8. The zero-order chi connectivity index (χ0) is 32.7. The molecule has 3 amide bonds. The summed E-state index contributed by atoms with van der Waals surface area (Å²) in [7, 11) is 0. The zero-order valence-electron chi connectivity index (χ0n) is 25.8. The molecule has 0 radical (unpaired) electrons. The number of thiazole rings is 1. The van der Waals surface area contributed by atoms with Gasteiger partial charge in [0.1, 0.15) is 11.8 Å². The molecule has 236 valence electrons. The number of carbonyl (C=O) groups is 4. The number of fused-ring (bicyclic) bond motifs is 2. The van der Waals surface area contributed by atoms with E-state index >= 15 is 0 Å². The van der Waals surface area contributed by atoms with Gasteiger partial charge in [-0.2, -0.15) is 0 Å². The molecule has 3 unspecified atom stereocenters. The van der Waals surface area contributed by atoms with E-state index in [-0.39, 0.29) is 35.3 Å². The van der Waals surface area contributed by atoms with Crippen molar-refractivity contribution in [1.29, 1.82) is 0 Å². The molecule has 0 spiro atoms. The summed E-state index contributed by atoms with van der Waals surface area (Å²) in [6.07, 6.45) is 0. The number of imide groups is 1. The number of esters is 1. The predicted octanol–water partition coefficient (Wildman–Crippen LogP) is 5.82. The van der Waals surface area contributed by atoms with Gasteiger partial charge in [0, 0.05) is 16.5 Å². The fourth-order valence-corrected chi connectivity index (χ4v) is 8.66. The number of hydrogen-bond acceptors (Lipinski definition) is 8. The lowest BCUT2D eigenvalue weighted by atomic mass is 9.81. The first-order valence-corrected chi connectivity index (χ1v) is 16.7. The molecule has 1 fully saturated rings. The largest absolute Gasteiger partial charge is 0.462 e. The number of nitrogens with zero attached hydrogens (tertiary/aromatic N) is 2. The molecule has 0 aliphatic carbocycles. The van der Waals surface area contributed by atoms with Crippen LogP contribution in [0.1, 0.15) is 60.0 Å². The van der Waals surface area contributed by atoms with E-state index in [1.165, 1.54) is 21.6 Å². The molecule has 3 heterocycles. The van der Waals surface area contributed by atoms with Crippen LogP contribution in [0.25, 0.3) is 0 Å². The fraction of sp³-hybridized carbons (Fsp3) is 0.286. The summed E-state index contributed by atoms with van der Waals surface area (Å²) in [6, 6.07) is 23.1. The molecule has 1 saturated heterocycles. The molecule has 2 aliphatic heterocycles. The molecule has 0 saturated carbocycles. The van der Waals surface area contributed by atoms with Crippen LogP contribution in [0.5, 0.6) is 0 Å². The molecule has 4 aromatic rings. The predicted molar refractivity (Wildman–Crippen MR) is 179 cm³/mol. The Morgan fingerprint density at radius 1 is 0.891 bits per heavy atom. The summed E-state index contributed by atoms with van der Waals surface area (Å²) < 4.78 is 6.48. The summed E-state index contributed by atoms with van der Waals surface area (Å²) in [5.41, 5.74) is 3.10. The molecule has 0 bridgehead atoms. The normalized spacial score (nSPS) is 19.0. The molecule has 9 nitrogen and oxygen atoms in total. The second-order valence-electron chi connectivity index (χ2n) is 12.2. The molecule has 1 aromatic heterocycles. The van der Waals surface area contributed by atoms with Crippen LogP contribution in [0.4, 0.5) is 11.4 Å². The highest BCUT2D eigenvalue weighted by molar-refractivity contribution is 8.00. The number of ether oxygens (including phenoxy) is 1. The van der Waals surface area contributed by atoms with Gasteiger partial charge in [-0.15, -0.1) is 0 Å². The molecule has 46 heavy (non-hydrogen) atoms. The highest BCUT2D eigenvalue weighted by atomic mass is 32.2. The number of thioether (sulfide) groups is 1. The minimum Gasteiger partial charge on any atom is -0.462 e. The van der Waals surface area contributed by atoms with E-state index in [4.69, 9.17) is 4.74 Å². The van der Waals surface area contributed by atoms with Crippen LogP contribution < -0.4 is 15.1 Å². The van der Waals surface area contributed by atoms with Crippen molar-refractivity contribution in [2.24, 2.45) is 5.92 Å². The number of hydrogen-bond donors (Lipinski definition) is 1.